The number of nitrogens with one attached hydrogen (secondary N) is 1. The van der Waals surface area contributed by atoms with Gasteiger partial charge in [-0.25, -0.2) is 0 Å². The number of likely N-dealkylation sites (tertiary alicyclic amines) is 1. The molecular weight excluding hydrogens is 268 g/mol. The Bertz CT molecular complexity index is 488. The Morgan fingerprint density at radius 3 is 2.71 bits per heavy atom. The summed E-state index contributed by atoms with van der Waals surface area (Å²) >= 11 is 0. The van der Waals surface area contributed by atoms with E-state index < -0.39 is 12.1 Å². The summed E-state index contributed by atoms with van der Waals surface area (Å²) in [7, 11) is 0. The third kappa shape index (κ3) is 4.04. The number of carbonyl (C=O) groups is 2. The molecule has 0 aromatic heterocycles. The molecule has 5 heteroatoms. The van der Waals surface area contributed by atoms with Gasteiger partial charge in [0.15, 0.2) is 0 Å². The van der Waals surface area contributed by atoms with Crippen LogP contribution in [-0.4, -0.2) is 47.1 Å². The fourth-order valence-electron chi connectivity index (χ4n) is 2.56. The molecule has 1 heterocycles. The van der Waals surface area contributed by atoms with Gasteiger partial charge in [0, 0.05) is 18.7 Å². The zero-order valence-electron chi connectivity index (χ0n) is 12.3. The third-order valence-corrected chi connectivity index (χ3v) is 3.66. The monoisotopic (exact) mass is 290 g/mol. The largest absolute Gasteiger partial charge is 0.392 e. The number of nitrogens with zero attached hydrogens (tertiary/aromatic N) is 1. The Morgan fingerprint density at radius 1 is 1.33 bits per heavy atom. The van der Waals surface area contributed by atoms with E-state index in [1.165, 1.54) is 0 Å². The molecule has 2 unspecified atom stereocenters. The predicted octanol–water partition coefficient (Wildman–Crippen LogP) is 1.18. The fraction of sp³-hybridized carbons (Fsp3) is 0.500. The minimum absolute atomic E-state index is 0.104. The molecular formula is C16H22N2O3. The molecule has 5 nitrogen and oxygen atoms in total. The zero-order chi connectivity index (χ0) is 15.2. The standard InChI is InChI=1S/C16H22N2O3/c1-12(19)11-17-15(20)14-9-5-6-10-18(14)16(21)13-7-3-2-4-8-13/h2-4,7-8,12,14,19H,5-6,9-11H2,1H3,(H,17,20). The summed E-state index contributed by atoms with van der Waals surface area (Å²) in [5.41, 5.74) is 0.604. The second-order valence-electron chi connectivity index (χ2n) is 5.47. The molecule has 2 N–H and O–H groups in total. The van der Waals surface area contributed by atoms with Crippen molar-refractivity contribution >= 4 is 11.8 Å². The van der Waals surface area contributed by atoms with E-state index in [0.29, 0.717) is 18.5 Å². The van der Waals surface area contributed by atoms with Crippen LogP contribution in [0.5, 0.6) is 0 Å². The van der Waals surface area contributed by atoms with Crippen LogP contribution in [-0.2, 0) is 4.79 Å². The number of amides is 2. The predicted molar refractivity (Wildman–Crippen MR) is 79.8 cm³/mol. The molecule has 1 fully saturated rings. The number of aliphatic hydroxyl groups excluding tert-OH is 1. The molecule has 0 spiro atoms. The first kappa shape index (κ1) is 15.5. The van der Waals surface area contributed by atoms with Crippen LogP contribution in [0.3, 0.4) is 0 Å². The van der Waals surface area contributed by atoms with Crippen molar-refractivity contribution in [3.63, 3.8) is 0 Å². The van der Waals surface area contributed by atoms with Crippen LogP contribution in [0.25, 0.3) is 0 Å². The van der Waals surface area contributed by atoms with Gasteiger partial charge in [-0.3, -0.25) is 9.59 Å². The molecule has 0 aliphatic carbocycles. The minimum atomic E-state index is -0.587. The number of rotatable bonds is 4. The average Bonchev–Trinajstić information content (AvgIpc) is 2.52. The molecule has 2 atom stereocenters. The highest BCUT2D eigenvalue weighted by atomic mass is 16.3. The van der Waals surface area contributed by atoms with Gasteiger partial charge in [0.1, 0.15) is 6.04 Å². The maximum atomic E-state index is 12.5. The second kappa shape index (κ2) is 7.22. The van der Waals surface area contributed by atoms with Crippen LogP contribution in [0, 0.1) is 0 Å². The molecule has 0 bridgehead atoms. The van der Waals surface area contributed by atoms with Crippen molar-refractivity contribution in [3.05, 3.63) is 35.9 Å². The first-order chi connectivity index (χ1) is 10.1. The quantitative estimate of drug-likeness (QED) is 0.875. The normalized spacial score (nSPS) is 19.9. The Kier molecular flexibility index (Phi) is 5.33. The lowest BCUT2D eigenvalue weighted by atomic mass is 10.00. The summed E-state index contributed by atoms with van der Waals surface area (Å²) in [6.45, 7) is 2.43. The fourth-order valence-corrected chi connectivity index (χ4v) is 2.56. The molecule has 1 aromatic carbocycles. The summed E-state index contributed by atoms with van der Waals surface area (Å²) in [5, 5.41) is 12.0. The number of benzene rings is 1. The number of hydrogen-bond donors (Lipinski definition) is 2. The SMILES string of the molecule is CC(O)CNC(=O)C1CCCCN1C(=O)c1ccccc1. The topological polar surface area (TPSA) is 69.6 Å². The van der Waals surface area contributed by atoms with Gasteiger partial charge in [0.05, 0.1) is 6.10 Å². The van der Waals surface area contributed by atoms with Crippen molar-refractivity contribution in [2.45, 2.75) is 38.3 Å². The van der Waals surface area contributed by atoms with Gasteiger partial charge < -0.3 is 15.3 Å². The molecule has 1 aliphatic rings. The van der Waals surface area contributed by atoms with E-state index in [1.54, 1.807) is 24.0 Å². The van der Waals surface area contributed by atoms with Gasteiger partial charge in [0.25, 0.3) is 5.91 Å². The highest BCUT2D eigenvalue weighted by molar-refractivity contribution is 5.97. The summed E-state index contributed by atoms with van der Waals surface area (Å²) in [6, 6.07) is 8.59. The Labute approximate surface area is 125 Å². The van der Waals surface area contributed by atoms with E-state index in [1.807, 2.05) is 18.2 Å². The molecule has 2 amide bonds. The molecule has 1 aromatic rings. The molecule has 21 heavy (non-hydrogen) atoms. The second-order valence-corrected chi connectivity index (χ2v) is 5.47. The maximum absolute atomic E-state index is 12.5. The van der Waals surface area contributed by atoms with E-state index in [0.717, 1.165) is 12.8 Å². The molecule has 114 valence electrons. The summed E-state index contributed by atoms with van der Waals surface area (Å²) in [4.78, 5) is 26.4. The van der Waals surface area contributed by atoms with Gasteiger partial charge in [-0.2, -0.15) is 0 Å². The molecule has 0 radical (unpaired) electrons. The van der Waals surface area contributed by atoms with Crippen LogP contribution in [0.15, 0.2) is 30.3 Å². The van der Waals surface area contributed by atoms with E-state index in [2.05, 4.69) is 5.32 Å². The Morgan fingerprint density at radius 2 is 2.05 bits per heavy atom. The lowest BCUT2D eigenvalue weighted by Gasteiger charge is -2.34. The van der Waals surface area contributed by atoms with Crippen molar-refractivity contribution in [1.82, 2.24) is 10.2 Å². The zero-order valence-corrected chi connectivity index (χ0v) is 12.3. The first-order valence-electron chi connectivity index (χ1n) is 7.41. The van der Waals surface area contributed by atoms with E-state index in [-0.39, 0.29) is 18.4 Å². The highest BCUT2D eigenvalue weighted by Gasteiger charge is 2.32. The number of hydrogen-bond acceptors (Lipinski definition) is 3. The summed E-state index contributed by atoms with van der Waals surface area (Å²) in [6.07, 6.45) is 1.93. The van der Waals surface area contributed by atoms with Crippen molar-refractivity contribution in [1.29, 1.82) is 0 Å². The maximum Gasteiger partial charge on any atom is 0.254 e. The van der Waals surface area contributed by atoms with Crippen molar-refractivity contribution < 1.29 is 14.7 Å². The average molecular weight is 290 g/mol. The first-order valence-corrected chi connectivity index (χ1v) is 7.41. The van der Waals surface area contributed by atoms with Gasteiger partial charge in [-0.05, 0) is 38.3 Å². The number of carbonyl (C=O) groups excluding carboxylic acids is 2. The lowest BCUT2D eigenvalue weighted by Crippen LogP contribution is -2.52. The van der Waals surface area contributed by atoms with E-state index >= 15 is 0 Å². The third-order valence-electron chi connectivity index (χ3n) is 3.66. The van der Waals surface area contributed by atoms with Crippen molar-refractivity contribution in [2.24, 2.45) is 0 Å². The summed E-state index contributed by atoms with van der Waals surface area (Å²) < 4.78 is 0. The van der Waals surface area contributed by atoms with Crippen LogP contribution in [0.4, 0.5) is 0 Å². The molecule has 1 saturated heterocycles. The number of aliphatic hydroxyl groups is 1. The van der Waals surface area contributed by atoms with Gasteiger partial charge >= 0.3 is 0 Å². The van der Waals surface area contributed by atoms with Crippen molar-refractivity contribution in [3.8, 4) is 0 Å². The van der Waals surface area contributed by atoms with E-state index in [9.17, 15) is 14.7 Å². The number of piperidine rings is 1. The van der Waals surface area contributed by atoms with Gasteiger partial charge in [-0.1, -0.05) is 18.2 Å². The molecule has 2 rings (SSSR count). The van der Waals surface area contributed by atoms with Crippen LogP contribution >= 0.6 is 0 Å². The van der Waals surface area contributed by atoms with Crippen LogP contribution < -0.4 is 5.32 Å². The summed E-state index contributed by atoms with van der Waals surface area (Å²) in [5.74, 6) is -0.285. The van der Waals surface area contributed by atoms with Crippen molar-refractivity contribution in [2.75, 3.05) is 13.1 Å². The highest BCUT2D eigenvalue weighted by Crippen LogP contribution is 2.20. The lowest BCUT2D eigenvalue weighted by molar-refractivity contribution is -0.127. The molecule has 0 saturated carbocycles. The van der Waals surface area contributed by atoms with Gasteiger partial charge in [-0.15, -0.1) is 0 Å². The molecule has 1 aliphatic heterocycles. The Balaban J connectivity index is 2.08. The Hall–Kier alpha value is -1.88. The van der Waals surface area contributed by atoms with Crippen LogP contribution in [0.1, 0.15) is 36.5 Å². The van der Waals surface area contributed by atoms with Crippen LogP contribution in [0.2, 0.25) is 0 Å². The smallest absolute Gasteiger partial charge is 0.254 e. The van der Waals surface area contributed by atoms with E-state index in [4.69, 9.17) is 0 Å². The minimum Gasteiger partial charge on any atom is -0.392 e. The van der Waals surface area contributed by atoms with Gasteiger partial charge in [0.2, 0.25) is 5.91 Å².